The van der Waals surface area contributed by atoms with Crippen LogP contribution in [-0.2, 0) is 11.2 Å². The molecule has 1 aromatic carbocycles. The van der Waals surface area contributed by atoms with Crippen molar-refractivity contribution in [2.24, 2.45) is 0 Å². The molecule has 2 heteroatoms. The molecule has 76 valence electrons. The molecular formula is C13H12O2. The van der Waals surface area contributed by atoms with Crippen LogP contribution in [0.15, 0.2) is 36.4 Å². The van der Waals surface area contributed by atoms with E-state index in [1.807, 2.05) is 12.1 Å². The van der Waals surface area contributed by atoms with Gasteiger partial charge in [-0.05, 0) is 11.6 Å². The van der Waals surface area contributed by atoms with Crippen LogP contribution >= 0.6 is 0 Å². The van der Waals surface area contributed by atoms with E-state index < -0.39 is 0 Å². The van der Waals surface area contributed by atoms with Crippen molar-refractivity contribution in [1.82, 2.24) is 0 Å². The summed E-state index contributed by atoms with van der Waals surface area (Å²) in [7, 11) is 0. The molecule has 3 aliphatic rings. The number of rotatable bonds is 0. The van der Waals surface area contributed by atoms with Crippen LogP contribution in [0.5, 0.6) is 5.75 Å². The molecule has 2 nitrogen and oxygen atoms in total. The second kappa shape index (κ2) is 2.27. The van der Waals surface area contributed by atoms with Crippen molar-refractivity contribution >= 4 is 0 Å². The Morgan fingerprint density at radius 2 is 1.93 bits per heavy atom. The zero-order chi connectivity index (χ0) is 9.93. The molecule has 1 saturated heterocycles. The van der Waals surface area contributed by atoms with E-state index in [-0.39, 0.29) is 11.4 Å². The monoisotopic (exact) mass is 200 g/mol. The first-order valence-electron chi connectivity index (χ1n) is 5.46. The van der Waals surface area contributed by atoms with Gasteiger partial charge in [0.25, 0.3) is 0 Å². The SMILES string of the molecule is C1=CC[C@]23Oc4ccccc4C[C@]2(C1)O3. The predicted octanol–water partition coefficient (Wildman–Crippen LogP) is 2.44. The first kappa shape index (κ1) is 7.94. The van der Waals surface area contributed by atoms with Crippen LogP contribution in [0.3, 0.4) is 0 Å². The van der Waals surface area contributed by atoms with E-state index in [1.165, 1.54) is 5.56 Å². The molecular weight excluding hydrogens is 188 g/mol. The van der Waals surface area contributed by atoms with Crippen molar-refractivity contribution in [3.05, 3.63) is 42.0 Å². The molecule has 15 heavy (non-hydrogen) atoms. The van der Waals surface area contributed by atoms with Crippen LogP contribution in [0.2, 0.25) is 0 Å². The van der Waals surface area contributed by atoms with Gasteiger partial charge in [-0.25, -0.2) is 0 Å². The van der Waals surface area contributed by atoms with Crippen molar-refractivity contribution in [2.75, 3.05) is 0 Å². The number of para-hydroxylation sites is 1. The van der Waals surface area contributed by atoms with E-state index >= 15 is 0 Å². The Hall–Kier alpha value is -1.28. The number of hydrogen-bond acceptors (Lipinski definition) is 2. The Kier molecular flexibility index (Phi) is 1.20. The van der Waals surface area contributed by atoms with Gasteiger partial charge in [0.1, 0.15) is 11.4 Å². The summed E-state index contributed by atoms with van der Waals surface area (Å²) in [5.74, 6) is 0.678. The summed E-state index contributed by atoms with van der Waals surface area (Å²) in [5.41, 5.74) is 1.23. The lowest BCUT2D eigenvalue weighted by molar-refractivity contribution is 0.0620. The molecule has 0 spiro atoms. The molecule has 0 aromatic heterocycles. The average Bonchev–Trinajstić information content (AvgIpc) is 2.93. The Labute approximate surface area is 88.5 Å². The average molecular weight is 200 g/mol. The molecule has 0 amide bonds. The van der Waals surface area contributed by atoms with Gasteiger partial charge in [-0.1, -0.05) is 30.4 Å². The number of ether oxygens (including phenoxy) is 2. The third-order valence-corrected chi connectivity index (χ3v) is 3.74. The molecule has 2 heterocycles. The number of hydrogen-bond donors (Lipinski definition) is 0. The lowest BCUT2D eigenvalue weighted by atomic mass is 9.83. The predicted molar refractivity (Wildman–Crippen MR) is 55.7 cm³/mol. The summed E-state index contributed by atoms with van der Waals surface area (Å²) in [4.78, 5) is 0. The van der Waals surface area contributed by atoms with Gasteiger partial charge in [0, 0.05) is 19.3 Å². The fourth-order valence-corrected chi connectivity index (χ4v) is 2.86. The van der Waals surface area contributed by atoms with Crippen molar-refractivity contribution in [1.29, 1.82) is 0 Å². The molecule has 1 fully saturated rings. The molecule has 0 N–H and O–H groups in total. The minimum Gasteiger partial charge on any atom is -0.459 e. The Bertz CT molecular complexity index is 424. The molecule has 0 unspecified atom stereocenters. The van der Waals surface area contributed by atoms with Crippen molar-refractivity contribution in [2.45, 2.75) is 30.7 Å². The van der Waals surface area contributed by atoms with E-state index in [0.29, 0.717) is 0 Å². The molecule has 2 aliphatic heterocycles. The smallest absolute Gasteiger partial charge is 0.244 e. The van der Waals surface area contributed by atoms with Gasteiger partial charge >= 0.3 is 0 Å². The first-order valence-corrected chi connectivity index (χ1v) is 5.46. The van der Waals surface area contributed by atoms with Gasteiger partial charge in [-0.2, -0.15) is 0 Å². The van der Waals surface area contributed by atoms with Crippen molar-refractivity contribution < 1.29 is 9.47 Å². The van der Waals surface area contributed by atoms with E-state index in [2.05, 4.69) is 24.3 Å². The quantitative estimate of drug-likeness (QED) is 0.474. The first-order chi connectivity index (χ1) is 7.34. The van der Waals surface area contributed by atoms with Crippen LogP contribution in [-0.4, -0.2) is 11.4 Å². The lowest BCUT2D eigenvalue weighted by Gasteiger charge is -2.28. The van der Waals surface area contributed by atoms with E-state index in [1.54, 1.807) is 0 Å². The maximum absolute atomic E-state index is 6.01. The zero-order valence-electron chi connectivity index (χ0n) is 8.40. The normalized spacial score (nSPS) is 39.7. The minimum atomic E-state index is -0.323. The molecule has 4 rings (SSSR count). The van der Waals surface area contributed by atoms with Gasteiger partial charge in [0.2, 0.25) is 5.79 Å². The zero-order valence-corrected chi connectivity index (χ0v) is 8.40. The summed E-state index contributed by atoms with van der Waals surface area (Å²) >= 11 is 0. The summed E-state index contributed by atoms with van der Waals surface area (Å²) in [5, 5.41) is 0. The van der Waals surface area contributed by atoms with Crippen LogP contribution < -0.4 is 4.74 Å². The molecule has 1 aromatic rings. The van der Waals surface area contributed by atoms with Crippen LogP contribution in [0.25, 0.3) is 0 Å². The van der Waals surface area contributed by atoms with Crippen LogP contribution in [0.1, 0.15) is 18.4 Å². The largest absolute Gasteiger partial charge is 0.459 e. The van der Waals surface area contributed by atoms with E-state index in [4.69, 9.17) is 9.47 Å². The maximum atomic E-state index is 6.01. The Morgan fingerprint density at radius 3 is 2.93 bits per heavy atom. The Morgan fingerprint density at radius 1 is 1.07 bits per heavy atom. The van der Waals surface area contributed by atoms with Crippen molar-refractivity contribution in [3.8, 4) is 5.75 Å². The number of fused-ring (bicyclic) bond motifs is 1. The Balaban J connectivity index is 1.83. The fourth-order valence-electron chi connectivity index (χ4n) is 2.86. The third kappa shape index (κ3) is 0.840. The van der Waals surface area contributed by atoms with Gasteiger partial charge in [-0.3, -0.25) is 0 Å². The summed E-state index contributed by atoms with van der Waals surface area (Å²) in [6.07, 6.45) is 7.25. The van der Waals surface area contributed by atoms with Gasteiger partial charge in [0.05, 0.1) is 0 Å². The van der Waals surface area contributed by atoms with Gasteiger partial charge in [-0.15, -0.1) is 0 Å². The van der Waals surface area contributed by atoms with Crippen molar-refractivity contribution in [3.63, 3.8) is 0 Å². The highest BCUT2D eigenvalue weighted by molar-refractivity contribution is 5.42. The van der Waals surface area contributed by atoms with Gasteiger partial charge < -0.3 is 9.47 Å². The highest BCUT2D eigenvalue weighted by Gasteiger charge is 2.74. The second-order valence-corrected chi connectivity index (χ2v) is 4.62. The highest BCUT2D eigenvalue weighted by Crippen LogP contribution is 2.61. The highest BCUT2D eigenvalue weighted by atomic mass is 16.8. The molecule has 0 saturated carbocycles. The summed E-state index contributed by atoms with van der Waals surface area (Å²) < 4.78 is 11.9. The fraction of sp³-hybridized carbons (Fsp3) is 0.385. The van der Waals surface area contributed by atoms with E-state index in [9.17, 15) is 0 Å². The summed E-state index contributed by atoms with van der Waals surface area (Å²) in [6.45, 7) is 0. The maximum Gasteiger partial charge on any atom is 0.244 e. The number of epoxide rings is 1. The minimum absolute atomic E-state index is 0.0455. The summed E-state index contributed by atoms with van der Waals surface area (Å²) in [6, 6.07) is 8.25. The lowest BCUT2D eigenvalue weighted by Crippen LogP contribution is -2.38. The molecule has 0 bridgehead atoms. The standard InChI is InChI=1S/C13H12O2/c1-2-6-11-10(5-1)9-12-7-3-4-8-13(12,14-11)15-12/h1-6H,7-9H2/t12-,13+/m0/s1. The van der Waals surface area contributed by atoms with Crippen LogP contribution in [0.4, 0.5) is 0 Å². The van der Waals surface area contributed by atoms with Crippen LogP contribution in [0, 0.1) is 0 Å². The third-order valence-electron chi connectivity index (χ3n) is 3.74. The number of benzene rings is 1. The topological polar surface area (TPSA) is 21.8 Å². The molecule has 0 radical (unpaired) electrons. The second-order valence-electron chi connectivity index (χ2n) is 4.62. The molecule has 2 atom stereocenters. The molecule has 1 aliphatic carbocycles. The van der Waals surface area contributed by atoms with E-state index in [0.717, 1.165) is 25.0 Å². The van der Waals surface area contributed by atoms with Gasteiger partial charge in [0.15, 0.2) is 0 Å².